The van der Waals surface area contributed by atoms with Gasteiger partial charge in [-0.3, -0.25) is 4.79 Å². The minimum atomic E-state index is -0.0355. The van der Waals surface area contributed by atoms with E-state index in [9.17, 15) is 4.79 Å². The van der Waals surface area contributed by atoms with Crippen LogP contribution in [0.3, 0.4) is 0 Å². The molecule has 150 valence electrons. The summed E-state index contributed by atoms with van der Waals surface area (Å²) in [5.41, 5.74) is 3.71. The van der Waals surface area contributed by atoms with E-state index < -0.39 is 0 Å². The Morgan fingerprint density at radius 1 is 0.793 bits per heavy atom. The van der Waals surface area contributed by atoms with Crippen LogP contribution < -0.4 is 19.5 Å². The molecule has 5 nitrogen and oxygen atoms in total. The van der Waals surface area contributed by atoms with E-state index in [4.69, 9.17) is 14.2 Å². The zero-order valence-corrected chi connectivity index (χ0v) is 16.9. The Morgan fingerprint density at radius 2 is 1.41 bits per heavy atom. The predicted octanol–water partition coefficient (Wildman–Crippen LogP) is 4.95. The van der Waals surface area contributed by atoms with Crippen LogP contribution in [0.2, 0.25) is 0 Å². The molecule has 3 aromatic carbocycles. The molecule has 0 bridgehead atoms. The van der Waals surface area contributed by atoms with E-state index in [-0.39, 0.29) is 5.91 Å². The molecular formula is C24H25NO4. The highest BCUT2D eigenvalue weighted by molar-refractivity contribution is 5.92. The molecular weight excluding hydrogens is 366 g/mol. The van der Waals surface area contributed by atoms with Crippen molar-refractivity contribution in [2.45, 2.75) is 12.8 Å². The minimum Gasteiger partial charge on any atom is -0.497 e. The van der Waals surface area contributed by atoms with Crippen LogP contribution in [0.5, 0.6) is 17.2 Å². The molecule has 0 fully saturated rings. The molecule has 0 atom stereocenters. The average molecular weight is 391 g/mol. The molecule has 5 heteroatoms. The normalized spacial score (nSPS) is 10.3. The van der Waals surface area contributed by atoms with E-state index >= 15 is 0 Å². The second-order valence-electron chi connectivity index (χ2n) is 6.54. The van der Waals surface area contributed by atoms with Gasteiger partial charge < -0.3 is 19.5 Å². The lowest BCUT2D eigenvalue weighted by molar-refractivity contribution is -0.116. The Labute approximate surface area is 171 Å². The number of hydrogen-bond acceptors (Lipinski definition) is 4. The number of rotatable bonds is 8. The van der Waals surface area contributed by atoms with Gasteiger partial charge in [-0.05, 0) is 60.0 Å². The van der Waals surface area contributed by atoms with Crippen molar-refractivity contribution in [3.05, 3.63) is 72.3 Å². The zero-order chi connectivity index (χ0) is 20.6. The summed E-state index contributed by atoms with van der Waals surface area (Å²) in [5.74, 6) is 2.30. The fraction of sp³-hybridized carbons (Fsp3) is 0.208. The number of benzene rings is 3. The van der Waals surface area contributed by atoms with Gasteiger partial charge in [-0.15, -0.1) is 0 Å². The maximum Gasteiger partial charge on any atom is 0.224 e. The van der Waals surface area contributed by atoms with Crippen molar-refractivity contribution < 1.29 is 19.0 Å². The highest BCUT2D eigenvalue weighted by Gasteiger charge is 2.10. The number of ether oxygens (including phenoxy) is 3. The number of hydrogen-bond donors (Lipinski definition) is 1. The first-order valence-electron chi connectivity index (χ1n) is 9.38. The summed E-state index contributed by atoms with van der Waals surface area (Å²) in [6.45, 7) is 0. The van der Waals surface area contributed by atoms with E-state index in [0.29, 0.717) is 12.8 Å². The third-order valence-corrected chi connectivity index (χ3v) is 4.68. The Bertz CT molecular complexity index is 950. The van der Waals surface area contributed by atoms with Crippen molar-refractivity contribution in [3.63, 3.8) is 0 Å². The van der Waals surface area contributed by atoms with Crippen LogP contribution in [0.25, 0.3) is 11.1 Å². The van der Waals surface area contributed by atoms with Crippen molar-refractivity contribution in [2.24, 2.45) is 0 Å². The standard InChI is InChI=1S/C24H25NO4/c1-27-20-10-4-17(5-11-20)6-15-24(26)25-19-9-14-23(29-3)22(16-19)18-7-12-21(28-2)13-8-18/h4-5,7-14,16H,6,15H2,1-3H3,(H,25,26). The second kappa shape index (κ2) is 9.64. The Morgan fingerprint density at radius 3 is 2.00 bits per heavy atom. The number of amides is 1. The topological polar surface area (TPSA) is 56.8 Å². The van der Waals surface area contributed by atoms with Gasteiger partial charge in [0.1, 0.15) is 17.2 Å². The third-order valence-electron chi connectivity index (χ3n) is 4.68. The molecule has 3 aromatic rings. The average Bonchev–Trinajstić information content (AvgIpc) is 2.78. The summed E-state index contributed by atoms with van der Waals surface area (Å²) >= 11 is 0. The van der Waals surface area contributed by atoms with Crippen LogP contribution in [0, 0.1) is 0 Å². The molecule has 0 heterocycles. The molecule has 0 aliphatic heterocycles. The van der Waals surface area contributed by atoms with Crippen LogP contribution in [0.15, 0.2) is 66.7 Å². The van der Waals surface area contributed by atoms with Crippen LogP contribution in [0.1, 0.15) is 12.0 Å². The summed E-state index contributed by atoms with van der Waals surface area (Å²) in [4.78, 5) is 12.4. The maximum atomic E-state index is 12.4. The molecule has 1 N–H and O–H groups in total. The largest absolute Gasteiger partial charge is 0.497 e. The van der Waals surface area contributed by atoms with Crippen LogP contribution >= 0.6 is 0 Å². The summed E-state index contributed by atoms with van der Waals surface area (Å²) < 4.78 is 15.9. The first-order chi connectivity index (χ1) is 14.1. The number of anilines is 1. The first-order valence-corrected chi connectivity index (χ1v) is 9.38. The second-order valence-corrected chi connectivity index (χ2v) is 6.54. The lowest BCUT2D eigenvalue weighted by Crippen LogP contribution is -2.12. The molecule has 0 radical (unpaired) electrons. The minimum absolute atomic E-state index is 0.0355. The van der Waals surface area contributed by atoms with Crippen molar-refractivity contribution >= 4 is 11.6 Å². The van der Waals surface area contributed by atoms with Crippen molar-refractivity contribution in [1.82, 2.24) is 0 Å². The van der Waals surface area contributed by atoms with Gasteiger partial charge in [0.15, 0.2) is 0 Å². The Hall–Kier alpha value is -3.47. The van der Waals surface area contributed by atoms with Crippen LogP contribution in [-0.2, 0) is 11.2 Å². The van der Waals surface area contributed by atoms with Crippen LogP contribution in [0.4, 0.5) is 5.69 Å². The molecule has 0 aliphatic rings. The molecule has 0 aliphatic carbocycles. The highest BCUT2D eigenvalue weighted by atomic mass is 16.5. The third kappa shape index (κ3) is 5.29. The van der Waals surface area contributed by atoms with E-state index in [0.717, 1.165) is 39.6 Å². The molecule has 0 aromatic heterocycles. The first kappa shape index (κ1) is 20.3. The van der Waals surface area contributed by atoms with Gasteiger partial charge in [0.2, 0.25) is 5.91 Å². The summed E-state index contributed by atoms with van der Waals surface area (Å²) in [6, 6.07) is 21.1. The highest BCUT2D eigenvalue weighted by Crippen LogP contribution is 2.33. The maximum absolute atomic E-state index is 12.4. The molecule has 0 saturated heterocycles. The van der Waals surface area contributed by atoms with Gasteiger partial charge in [-0.2, -0.15) is 0 Å². The number of aryl methyl sites for hydroxylation is 1. The molecule has 0 unspecified atom stereocenters. The van der Waals surface area contributed by atoms with Gasteiger partial charge >= 0.3 is 0 Å². The predicted molar refractivity (Wildman–Crippen MR) is 115 cm³/mol. The quantitative estimate of drug-likeness (QED) is 0.590. The fourth-order valence-electron chi connectivity index (χ4n) is 3.06. The molecule has 29 heavy (non-hydrogen) atoms. The SMILES string of the molecule is COc1ccc(CCC(=O)Nc2ccc(OC)c(-c3ccc(OC)cc3)c2)cc1. The van der Waals surface area contributed by atoms with Crippen LogP contribution in [-0.4, -0.2) is 27.2 Å². The lowest BCUT2D eigenvalue weighted by Gasteiger charge is -2.12. The van der Waals surface area contributed by atoms with E-state index in [1.165, 1.54) is 0 Å². The summed E-state index contributed by atoms with van der Waals surface area (Å²) in [7, 11) is 4.91. The van der Waals surface area contributed by atoms with Crippen molar-refractivity contribution in [3.8, 4) is 28.4 Å². The van der Waals surface area contributed by atoms with E-state index in [2.05, 4.69) is 5.32 Å². The summed E-state index contributed by atoms with van der Waals surface area (Å²) in [6.07, 6.45) is 1.06. The zero-order valence-electron chi connectivity index (χ0n) is 16.9. The van der Waals surface area contributed by atoms with Gasteiger partial charge in [0.05, 0.1) is 21.3 Å². The van der Waals surface area contributed by atoms with Gasteiger partial charge in [0, 0.05) is 17.7 Å². The van der Waals surface area contributed by atoms with E-state index in [1.54, 1.807) is 21.3 Å². The number of methoxy groups -OCH3 is 3. The lowest BCUT2D eigenvalue weighted by atomic mass is 10.0. The molecule has 0 spiro atoms. The monoisotopic (exact) mass is 391 g/mol. The van der Waals surface area contributed by atoms with Gasteiger partial charge in [0.25, 0.3) is 0 Å². The van der Waals surface area contributed by atoms with Crippen molar-refractivity contribution in [1.29, 1.82) is 0 Å². The van der Waals surface area contributed by atoms with Gasteiger partial charge in [-0.1, -0.05) is 24.3 Å². The van der Waals surface area contributed by atoms with Crippen molar-refractivity contribution in [2.75, 3.05) is 26.6 Å². The van der Waals surface area contributed by atoms with Gasteiger partial charge in [-0.25, -0.2) is 0 Å². The summed E-state index contributed by atoms with van der Waals surface area (Å²) in [5, 5.41) is 2.97. The Kier molecular flexibility index (Phi) is 6.74. The smallest absolute Gasteiger partial charge is 0.224 e. The Balaban J connectivity index is 1.68. The molecule has 0 saturated carbocycles. The molecule has 3 rings (SSSR count). The number of carbonyl (C=O) groups excluding carboxylic acids is 1. The van der Waals surface area contributed by atoms with E-state index in [1.807, 2.05) is 66.7 Å². The fourth-order valence-corrected chi connectivity index (χ4v) is 3.06. The molecule has 1 amide bonds. The number of nitrogens with one attached hydrogen (secondary N) is 1. The number of carbonyl (C=O) groups is 1.